The van der Waals surface area contributed by atoms with Gasteiger partial charge in [0.15, 0.2) is 0 Å². The Morgan fingerprint density at radius 1 is 1.06 bits per heavy atom. The summed E-state index contributed by atoms with van der Waals surface area (Å²) in [7, 11) is -3.49. The fourth-order valence-corrected chi connectivity index (χ4v) is 5.87. The van der Waals surface area contributed by atoms with Crippen LogP contribution in [0.2, 0.25) is 0 Å². The summed E-state index contributed by atoms with van der Waals surface area (Å²) in [4.78, 5) is 17.5. The van der Waals surface area contributed by atoms with Gasteiger partial charge in [-0.2, -0.15) is 4.31 Å². The molecule has 33 heavy (non-hydrogen) atoms. The van der Waals surface area contributed by atoms with Gasteiger partial charge in [0.1, 0.15) is 5.82 Å². The van der Waals surface area contributed by atoms with E-state index in [-0.39, 0.29) is 10.8 Å². The number of rotatable bonds is 9. The Balaban J connectivity index is 1.52. The normalized spacial score (nSPS) is 14.7. The maximum absolute atomic E-state index is 13.0. The van der Waals surface area contributed by atoms with Crippen molar-refractivity contribution in [1.29, 1.82) is 0 Å². The van der Waals surface area contributed by atoms with E-state index >= 15 is 0 Å². The summed E-state index contributed by atoms with van der Waals surface area (Å²) in [6, 6.07) is 13.1. The summed E-state index contributed by atoms with van der Waals surface area (Å²) < 4.78 is 29.6. The van der Waals surface area contributed by atoms with Gasteiger partial charge in [-0.05, 0) is 61.6 Å². The maximum Gasteiger partial charge on any atom is 0.243 e. The third-order valence-corrected chi connectivity index (χ3v) is 8.07. The van der Waals surface area contributed by atoms with Gasteiger partial charge in [-0.15, -0.1) is 0 Å². The molecule has 1 aliphatic heterocycles. The summed E-state index contributed by atoms with van der Waals surface area (Å²) >= 11 is 0. The van der Waals surface area contributed by atoms with Crippen molar-refractivity contribution >= 4 is 32.7 Å². The fraction of sp³-hybridized carbons (Fsp3) is 0.440. The highest BCUT2D eigenvalue weighted by Gasteiger charge is 2.27. The minimum atomic E-state index is -3.49. The van der Waals surface area contributed by atoms with Gasteiger partial charge < -0.3 is 9.88 Å². The summed E-state index contributed by atoms with van der Waals surface area (Å²) in [6.07, 6.45) is 4.48. The van der Waals surface area contributed by atoms with Gasteiger partial charge >= 0.3 is 0 Å². The largest absolute Gasteiger partial charge is 0.328 e. The number of anilines is 1. The SMILES string of the molecule is CCCn1c(CCC(=O)Nc2ccc(CC)cc2)nc2cc(S(=O)(=O)N3CCCC3)ccc21. The molecule has 2 aromatic carbocycles. The van der Waals surface area contributed by atoms with Gasteiger partial charge in [-0.1, -0.05) is 26.0 Å². The zero-order chi connectivity index (χ0) is 23.4. The minimum Gasteiger partial charge on any atom is -0.328 e. The summed E-state index contributed by atoms with van der Waals surface area (Å²) in [5, 5.41) is 2.95. The first kappa shape index (κ1) is 23.4. The van der Waals surface area contributed by atoms with Crippen molar-refractivity contribution in [2.45, 2.75) is 63.8 Å². The third kappa shape index (κ3) is 5.12. The number of carbonyl (C=O) groups excluding carboxylic acids is 1. The molecule has 3 aromatic rings. The average molecular weight is 469 g/mol. The molecule has 1 saturated heterocycles. The van der Waals surface area contributed by atoms with Crippen LogP contribution in [0.5, 0.6) is 0 Å². The molecular formula is C25H32N4O3S. The van der Waals surface area contributed by atoms with E-state index in [1.165, 1.54) is 5.56 Å². The summed E-state index contributed by atoms with van der Waals surface area (Å²) in [6.45, 7) is 6.11. The first-order chi connectivity index (χ1) is 15.9. The van der Waals surface area contributed by atoms with Crippen LogP contribution in [0.15, 0.2) is 47.4 Å². The van der Waals surface area contributed by atoms with Crippen LogP contribution in [-0.2, 0) is 34.2 Å². The lowest BCUT2D eigenvalue weighted by Crippen LogP contribution is -2.27. The van der Waals surface area contributed by atoms with Crippen LogP contribution in [-0.4, -0.2) is 41.3 Å². The number of nitrogens with zero attached hydrogens (tertiary/aromatic N) is 3. The monoisotopic (exact) mass is 468 g/mol. The number of hydrogen-bond donors (Lipinski definition) is 1. The van der Waals surface area contributed by atoms with E-state index in [9.17, 15) is 13.2 Å². The second kappa shape index (κ2) is 10.1. The Bertz CT molecular complexity index is 1230. The second-order valence-corrected chi connectivity index (χ2v) is 10.5. The van der Waals surface area contributed by atoms with Crippen LogP contribution in [0.25, 0.3) is 11.0 Å². The van der Waals surface area contributed by atoms with E-state index in [1.807, 2.05) is 30.3 Å². The van der Waals surface area contributed by atoms with Crippen molar-refractivity contribution in [2.75, 3.05) is 18.4 Å². The van der Waals surface area contributed by atoms with Gasteiger partial charge in [-0.25, -0.2) is 13.4 Å². The maximum atomic E-state index is 13.0. The predicted octanol–water partition coefficient (Wildman–Crippen LogP) is 4.36. The molecule has 2 heterocycles. The number of aryl methyl sites for hydroxylation is 3. The summed E-state index contributed by atoms with van der Waals surface area (Å²) in [5.74, 6) is 0.741. The quantitative estimate of drug-likeness (QED) is 0.506. The van der Waals surface area contributed by atoms with Gasteiger partial charge in [0, 0.05) is 38.2 Å². The lowest BCUT2D eigenvalue weighted by Gasteiger charge is -2.15. The molecule has 0 radical (unpaired) electrons. The number of imidazole rings is 1. The minimum absolute atomic E-state index is 0.0633. The number of fused-ring (bicyclic) bond motifs is 1. The molecule has 1 fully saturated rings. The lowest BCUT2D eigenvalue weighted by molar-refractivity contribution is -0.116. The van der Waals surface area contributed by atoms with Crippen molar-refractivity contribution in [3.63, 3.8) is 0 Å². The number of amides is 1. The Kier molecular flexibility index (Phi) is 7.14. The van der Waals surface area contributed by atoms with Crippen molar-refractivity contribution in [3.8, 4) is 0 Å². The standard InChI is InChI=1S/C25H32N4O3S/c1-3-15-29-23-12-11-21(33(31,32)28-16-5-6-17-28)18-22(23)27-24(29)13-14-25(30)26-20-9-7-19(4-2)8-10-20/h7-12,18H,3-6,13-17H2,1-2H3,(H,26,30). The molecule has 1 aliphatic rings. The molecule has 1 aromatic heterocycles. The first-order valence-electron chi connectivity index (χ1n) is 11.8. The topological polar surface area (TPSA) is 84.3 Å². The van der Waals surface area contributed by atoms with E-state index in [2.05, 4.69) is 23.7 Å². The van der Waals surface area contributed by atoms with E-state index in [1.54, 1.807) is 16.4 Å². The molecular weight excluding hydrogens is 436 g/mol. The fourth-order valence-electron chi connectivity index (χ4n) is 4.33. The Hall–Kier alpha value is -2.71. The molecule has 0 bridgehead atoms. The lowest BCUT2D eigenvalue weighted by atomic mass is 10.1. The summed E-state index contributed by atoms with van der Waals surface area (Å²) in [5.41, 5.74) is 3.58. The van der Waals surface area contributed by atoms with Crippen LogP contribution < -0.4 is 5.32 Å². The molecule has 4 rings (SSSR count). The van der Waals surface area contributed by atoms with Crippen molar-refractivity contribution in [2.24, 2.45) is 0 Å². The molecule has 0 saturated carbocycles. The van der Waals surface area contributed by atoms with Crippen molar-refractivity contribution in [1.82, 2.24) is 13.9 Å². The highest BCUT2D eigenvalue weighted by molar-refractivity contribution is 7.89. The number of hydrogen-bond acceptors (Lipinski definition) is 4. The molecule has 0 spiro atoms. The smallest absolute Gasteiger partial charge is 0.243 e. The van der Waals surface area contributed by atoms with Crippen LogP contribution in [0.3, 0.4) is 0 Å². The van der Waals surface area contributed by atoms with Crippen LogP contribution in [0.1, 0.15) is 50.9 Å². The third-order valence-electron chi connectivity index (χ3n) is 6.17. The molecule has 0 unspecified atom stereocenters. The van der Waals surface area contributed by atoms with E-state index < -0.39 is 10.0 Å². The van der Waals surface area contributed by atoms with Gasteiger partial charge in [0.25, 0.3) is 0 Å². The Morgan fingerprint density at radius 3 is 2.45 bits per heavy atom. The van der Waals surface area contributed by atoms with Crippen molar-refractivity contribution < 1.29 is 13.2 Å². The van der Waals surface area contributed by atoms with Crippen molar-refractivity contribution in [3.05, 3.63) is 53.9 Å². The van der Waals surface area contributed by atoms with Gasteiger partial charge in [0.05, 0.1) is 15.9 Å². The van der Waals surface area contributed by atoms with E-state index in [0.717, 1.165) is 49.3 Å². The van der Waals surface area contributed by atoms with E-state index in [4.69, 9.17) is 4.98 Å². The number of aromatic nitrogens is 2. The van der Waals surface area contributed by atoms with Gasteiger partial charge in [0.2, 0.25) is 15.9 Å². The zero-order valence-electron chi connectivity index (χ0n) is 19.4. The highest BCUT2D eigenvalue weighted by Crippen LogP contribution is 2.26. The molecule has 8 heteroatoms. The first-order valence-corrected chi connectivity index (χ1v) is 13.2. The van der Waals surface area contributed by atoms with Gasteiger partial charge in [-0.3, -0.25) is 4.79 Å². The number of nitrogens with one attached hydrogen (secondary N) is 1. The second-order valence-electron chi connectivity index (χ2n) is 8.54. The molecule has 1 N–H and O–H groups in total. The van der Waals surface area contributed by atoms with Crippen LogP contribution >= 0.6 is 0 Å². The molecule has 7 nitrogen and oxygen atoms in total. The highest BCUT2D eigenvalue weighted by atomic mass is 32.2. The number of sulfonamides is 1. The molecule has 1 amide bonds. The molecule has 0 aliphatic carbocycles. The Labute approximate surface area is 195 Å². The predicted molar refractivity (Wildman–Crippen MR) is 131 cm³/mol. The molecule has 176 valence electrons. The van der Waals surface area contributed by atoms with E-state index in [0.29, 0.717) is 31.4 Å². The zero-order valence-corrected chi connectivity index (χ0v) is 20.2. The number of benzene rings is 2. The Morgan fingerprint density at radius 2 is 1.79 bits per heavy atom. The molecule has 0 atom stereocenters. The van der Waals surface area contributed by atoms with Crippen LogP contribution in [0, 0.1) is 0 Å². The number of carbonyl (C=O) groups is 1. The average Bonchev–Trinajstić information content (AvgIpc) is 3.47. The van der Waals surface area contributed by atoms with Crippen LogP contribution in [0.4, 0.5) is 5.69 Å².